The summed E-state index contributed by atoms with van der Waals surface area (Å²) in [4.78, 5) is 25.2. The van der Waals surface area contributed by atoms with E-state index in [0.29, 0.717) is 39.7 Å². The number of aromatic nitrogens is 4. The van der Waals surface area contributed by atoms with Crippen LogP contribution >= 0.6 is 11.3 Å². The molecule has 1 amide bonds. The Balaban J connectivity index is 1.71. The van der Waals surface area contributed by atoms with Crippen molar-refractivity contribution in [3.8, 4) is 0 Å². The van der Waals surface area contributed by atoms with Gasteiger partial charge in [-0.2, -0.15) is 4.98 Å². The van der Waals surface area contributed by atoms with Crippen LogP contribution in [0.3, 0.4) is 0 Å². The molecule has 0 atom stereocenters. The highest BCUT2D eigenvalue weighted by atomic mass is 32.1. The van der Waals surface area contributed by atoms with E-state index in [0.717, 1.165) is 0 Å². The van der Waals surface area contributed by atoms with E-state index in [1.54, 1.807) is 12.4 Å². The average Bonchev–Trinajstić information content (AvgIpc) is 3.08. The Morgan fingerprint density at radius 1 is 1.35 bits per heavy atom. The Morgan fingerprint density at radius 3 is 2.95 bits per heavy atom. The zero-order valence-electron chi connectivity index (χ0n) is 10.2. The number of nitrogens with two attached hydrogens (primary N) is 1. The van der Waals surface area contributed by atoms with Crippen molar-refractivity contribution >= 4 is 33.3 Å². The molecule has 3 aromatic heterocycles. The maximum atomic E-state index is 12.1. The van der Waals surface area contributed by atoms with E-state index < -0.39 is 0 Å². The lowest BCUT2D eigenvalue weighted by molar-refractivity contribution is 0.0959. The zero-order valence-corrected chi connectivity index (χ0v) is 11.1. The molecule has 0 aliphatic rings. The Kier molecular flexibility index (Phi) is 3.25. The molecule has 0 saturated heterocycles. The van der Waals surface area contributed by atoms with Crippen LogP contribution in [0.5, 0.6) is 0 Å². The van der Waals surface area contributed by atoms with Gasteiger partial charge in [-0.25, -0.2) is 9.97 Å². The smallest absolute Gasteiger partial charge is 0.263 e. The summed E-state index contributed by atoms with van der Waals surface area (Å²) in [6, 6.07) is 0. The predicted molar refractivity (Wildman–Crippen MR) is 72.2 cm³/mol. The molecule has 0 aliphatic heterocycles. The zero-order chi connectivity index (χ0) is 13.9. The second-order valence-corrected chi connectivity index (χ2v) is 4.91. The molecule has 3 rings (SSSR count). The molecule has 0 aliphatic carbocycles. The van der Waals surface area contributed by atoms with Gasteiger partial charge in [0.15, 0.2) is 5.82 Å². The fourth-order valence-corrected chi connectivity index (χ4v) is 2.62. The summed E-state index contributed by atoms with van der Waals surface area (Å²) in [6.07, 6.45) is 4.85. The number of amides is 1. The van der Waals surface area contributed by atoms with Gasteiger partial charge >= 0.3 is 0 Å². The minimum atomic E-state index is -0.254. The highest BCUT2D eigenvalue weighted by Crippen LogP contribution is 2.30. The molecule has 8 nitrogen and oxygen atoms in total. The van der Waals surface area contributed by atoms with Gasteiger partial charge in [-0.3, -0.25) is 4.79 Å². The Hall–Kier alpha value is -2.55. The number of fused-ring (bicyclic) bond motifs is 1. The normalized spacial score (nSPS) is 10.8. The first-order valence-corrected chi connectivity index (χ1v) is 6.60. The minimum absolute atomic E-state index is 0.254. The van der Waals surface area contributed by atoms with E-state index in [4.69, 9.17) is 5.73 Å². The van der Waals surface area contributed by atoms with Crippen LogP contribution in [-0.2, 0) is 6.42 Å². The number of carbonyl (C=O) groups is 1. The van der Waals surface area contributed by atoms with Gasteiger partial charge in [-0.1, -0.05) is 5.16 Å². The maximum Gasteiger partial charge on any atom is 0.263 e. The first kappa shape index (κ1) is 12.5. The van der Waals surface area contributed by atoms with Crippen LogP contribution in [0.2, 0.25) is 0 Å². The molecule has 9 heteroatoms. The standard InChI is InChI=1S/C11H10N6O2S/c12-7-8-11(15-4-3-13-8)20-9(7)10(18)14-2-1-6-16-5-19-17-6/h3-5H,1-2,12H2,(H,14,18). The predicted octanol–water partition coefficient (Wildman–Crippen LogP) is 0.629. The topological polar surface area (TPSA) is 120 Å². The average molecular weight is 290 g/mol. The molecule has 20 heavy (non-hydrogen) atoms. The summed E-state index contributed by atoms with van der Waals surface area (Å²) in [5.74, 6) is 0.286. The molecule has 3 N–H and O–H groups in total. The van der Waals surface area contributed by atoms with Crippen LogP contribution < -0.4 is 11.1 Å². The summed E-state index contributed by atoms with van der Waals surface area (Å²) in [6.45, 7) is 0.396. The van der Waals surface area contributed by atoms with Crippen LogP contribution in [0.1, 0.15) is 15.5 Å². The second-order valence-electron chi connectivity index (χ2n) is 3.91. The number of anilines is 1. The van der Waals surface area contributed by atoms with Crippen molar-refractivity contribution in [2.75, 3.05) is 12.3 Å². The molecule has 0 radical (unpaired) electrons. The summed E-state index contributed by atoms with van der Waals surface area (Å²) in [5.41, 5.74) is 6.83. The SMILES string of the molecule is Nc1c(C(=O)NCCc2ncon2)sc2nccnc12. The Morgan fingerprint density at radius 2 is 2.20 bits per heavy atom. The maximum absolute atomic E-state index is 12.1. The van der Waals surface area contributed by atoms with Crippen LogP contribution in [0.15, 0.2) is 23.3 Å². The van der Waals surface area contributed by atoms with Gasteiger partial charge in [0.05, 0.1) is 5.69 Å². The number of thiophene rings is 1. The number of hydrogen-bond acceptors (Lipinski definition) is 8. The fourth-order valence-electron chi connectivity index (χ4n) is 1.68. The molecular formula is C11H10N6O2S. The monoisotopic (exact) mass is 290 g/mol. The lowest BCUT2D eigenvalue weighted by atomic mass is 10.3. The number of nitrogens with one attached hydrogen (secondary N) is 1. The minimum Gasteiger partial charge on any atom is -0.396 e. The van der Waals surface area contributed by atoms with Gasteiger partial charge in [0.2, 0.25) is 6.39 Å². The molecule has 0 saturated carbocycles. The summed E-state index contributed by atoms with van der Waals surface area (Å²) >= 11 is 1.22. The molecule has 0 unspecified atom stereocenters. The molecule has 0 fully saturated rings. The third kappa shape index (κ3) is 2.30. The fraction of sp³-hybridized carbons (Fsp3) is 0.182. The molecule has 0 bridgehead atoms. The molecule has 102 valence electrons. The number of rotatable bonds is 4. The lowest BCUT2D eigenvalue weighted by Gasteiger charge is -2.01. The molecule has 3 heterocycles. The van der Waals surface area contributed by atoms with Gasteiger partial charge in [-0.15, -0.1) is 11.3 Å². The van der Waals surface area contributed by atoms with Crippen molar-refractivity contribution in [3.63, 3.8) is 0 Å². The summed E-state index contributed by atoms with van der Waals surface area (Å²) in [5, 5.41) is 6.41. The van der Waals surface area contributed by atoms with Crippen molar-refractivity contribution in [3.05, 3.63) is 29.5 Å². The highest BCUT2D eigenvalue weighted by Gasteiger charge is 2.17. The molecule has 0 aromatic carbocycles. The summed E-state index contributed by atoms with van der Waals surface area (Å²) in [7, 11) is 0. The number of nitrogen functional groups attached to an aromatic ring is 1. The molecular weight excluding hydrogens is 280 g/mol. The van der Waals surface area contributed by atoms with Gasteiger partial charge < -0.3 is 15.6 Å². The van der Waals surface area contributed by atoms with E-state index in [1.807, 2.05) is 0 Å². The summed E-state index contributed by atoms with van der Waals surface area (Å²) < 4.78 is 4.61. The third-order valence-electron chi connectivity index (χ3n) is 2.61. The van der Waals surface area contributed by atoms with Crippen molar-refractivity contribution < 1.29 is 9.32 Å². The lowest BCUT2D eigenvalue weighted by Crippen LogP contribution is -2.25. The van der Waals surface area contributed by atoms with Crippen LogP contribution in [0.4, 0.5) is 5.69 Å². The van der Waals surface area contributed by atoms with Gasteiger partial charge in [-0.05, 0) is 0 Å². The van der Waals surface area contributed by atoms with E-state index in [1.165, 1.54) is 17.7 Å². The Bertz CT molecular complexity index is 739. The van der Waals surface area contributed by atoms with Gasteiger partial charge in [0, 0.05) is 25.4 Å². The van der Waals surface area contributed by atoms with Crippen LogP contribution in [-0.4, -0.2) is 32.6 Å². The quantitative estimate of drug-likeness (QED) is 0.723. The van der Waals surface area contributed by atoms with E-state index in [2.05, 4.69) is 29.9 Å². The van der Waals surface area contributed by atoms with E-state index in [-0.39, 0.29) is 5.91 Å². The van der Waals surface area contributed by atoms with Crippen molar-refractivity contribution in [1.29, 1.82) is 0 Å². The van der Waals surface area contributed by atoms with Crippen molar-refractivity contribution in [2.24, 2.45) is 0 Å². The number of nitrogens with zero attached hydrogens (tertiary/aromatic N) is 4. The largest absolute Gasteiger partial charge is 0.396 e. The van der Waals surface area contributed by atoms with E-state index in [9.17, 15) is 4.79 Å². The third-order valence-corrected chi connectivity index (χ3v) is 3.71. The molecule has 0 spiro atoms. The highest BCUT2D eigenvalue weighted by molar-refractivity contribution is 7.21. The van der Waals surface area contributed by atoms with Gasteiger partial charge in [0.25, 0.3) is 5.91 Å². The van der Waals surface area contributed by atoms with Crippen molar-refractivity contribution in [1.82, 2.24) is 25.4 Å². The number of hydrogen-bond donors (Lipinski definition) is 2. The van der Waals surface area contributed by atoms with Crippen LogP contribution in [0, 0.1) is 0 Å². The number of carbonyl (C=O) groups excluding carboxylic acids is 1. The van der Waals surface area contributed by atoms with Gasteiger partial charge in [0.1, 0.15) is 15.2 Å². The Labute approximate surface area is 117 Å². The second kappa shape index (κ2) is 5.21. The first-order chi connectivity index (χ1) is 9.75. The van der Waals surface area contributed by atoms with E-state index >= 15 is 0 Å². The molecule has 3 aromatic rings. The first-order valence-electron chi connectivity index (χ1n) is 5.78. The van der Waals surface area contributed by atoms with Crippen LogP contribution in [0.25, 0.3) is 10.3 Å². The van der Waals surface area contributed by atoms with Crippen molar-refractivity contribution in [2.45, 2.75) is 6.42 Å².